The Balaban J connectivity index is 1.93. The van der Waals surface area contributed by atoms with Crippen molar-refractivity contribution in [2.45, 2.75) is 23.2 Å². The summed E-state index contributed by atoms with van der Waals surface area (Å²) in [6, 6.07) is 0. The molecule has 1 saturated carbocycles. The Bertz CT molecular complexity index is 52.0. The fourth-order valence-corrected chi connectivity index (χ4v) is 3.81. The van der Waals surface area contributed by atoms with Gasteiger partial charge in [-0.2, -0.15) is 0 Å². The van der Waals surface area contributed by atoms with Gasteiger partial charge in [-0.1, -0.05) is 0 Å². The zero-order chi connectivity index (χ0) is 5.11. The molecule has 1 rings (SSSR count). The molecule has 0 unspecified atom stereocenters. The second-order valence-electron chi connectivity index (χ2n) is 1.99. The van der Waals surface area contributed by atoms with E-state index in [1.54, 1.807) is 0 Å². The Labute approximate surface area is 54.3 Å². The molecule has 0 spiro atoms. The zero-order valence-electron chi connectivity index (χ0n) is 4.35. The monoisotopic (exact) mass is 206 g/mol. The van der Waals surface area contributed by atoms with Crippen molar-refractivity contribution in [1.82, 2.24) is 0 Å². The van der Waals surface area contributed by atoms with Crippen LogP contribution in [0.25, 0.3) is 0 Å². The van der Waals surface area contributed by atoms with Crippen molar-refractivity contribution in [2.24, 2.45) is 0 Å². The second kappa shape index (κ2) is 2.92. The van der Waals surface area contributed by atoms with Gasteiger partial charge in [-0.05, 0) is 0 Å². The summed E-state index contributed by atoms with van der Waals surface area (Å²) >= 11 is -0.247. The predicted octanol–water partition coefficient (Wildman–Crippen LogP) is 0.613. The molecule has 40 valence electrons. The average Bonchev–Trinajstić information content (AvgIpc) is 1.55. The molecule has 1 nitrogen and oxygen atoms in total. The molecule has 0 aromatic rings. The van der Waals surface area contributed by atoms with Gasteiger partial charge >= 0.3 is 54.1 Å². The predicted molar refractivity (Wildman–Crippen MR) is 30.4 cm³/mol. The summed E-state index contributed by atoms with van der Waals surface area (Å²) in [5.74, 6) is 0. The third kappa shape index (κ3) is 1.61. The first-order chi connectivity index (χ1) is 3.43. The van der Waals surface area contributed by atoms with Crippen LogP contribution in [0, 0.1) is 0 Å². The van der Waals surface area contributed by atoms with Gasteiger partial charge in [-0.3, -0.25) is 0 Å². The van der Waals surface area contributed by atoms with Crippen LogP contribution in [0.5, 0.6) is 0 Å². The van der Waals surface area contributed by atoms with Gasteiger partial charge in [0.25, 0.3) is 0 Å². The first-order valence-corrected chi connectivity index (χ1v) is 6.44. The van der Waals surface area contributed by atoms with Crippen molar-refractivity contribution >= 4 is 21.1 Å². The minimum atomic E-state index is -0.247. The van der Waals surface area contributed by atoms with E-state index < -0.39 is 0 Å². The molecular formula is C5H10OSn. The number of aliphatic hydroxyl groups is 1. The maximum atomic E-state index is 8.48. The molecule has 0 atom stereocenters. The van der Waals surface area contributed by atoms with Gasteiger partial charge in [0.1, 0.15) is 0 Å². The molecule has 0 aromatic heterocycles. The van der Waals surface area contributed by atoms with Gasteiger partial charge in [-0.15, -0.1) is 0 Å². The Morgan fingerprint density at radius 2 is 2.29 bits per heavy atom. The Morgan fingerprint density at radius 1 is 1.57 bits per heavy atom. The summed E-state index contributed by atoms with van der Waals surface area (Å²) in [6.45, 7) is 0. The Hall–Kier alpha value is 0.759. The molecule has 0 aromatic carbocycles. The number of hydrogen-bond acceptors (Lipinski definition) is 1. The van der Waals surface area contributed by atoms with E-state index in [4.69, 9.17) is 5.11 Å². The van der Waals surface area contributed by atoms with E-state index in [-0.39, 0.29) is 21.1 Å². The topological polar surface area (TPSA) is 20.2 Å². The van der Waals surface area contributed by atoms with Crippen LogP contribution in [0.1, 0.15) is 19.3 Å². The van der Waals surface area contributed by atoms with E-state index in [9.17, 15) is 0 Å². The molecule has 1 fully saturated rings. The van der Waals surface area contributed by atoms with Gasteiger partial charge in [-0.25, -0.2) is 0 Å². The van der Waals surface area contributed by atoms with E-state index in [1.165, 1.54) is 19.3 Å². The Kier molecular flexibility index (Phi) is 2.46. The van der Waals surface area contributed by atoms with Crippen molar-refractivity contribution in [2.75, 3.05) is 4.62 Å². The molecule has 1 aliphatic rings. The molecule has 2 heteroatoms. The van der Waals surface area contributed by atoms with Crippen LogP contribution in [0.15, 0.2) is 0 Å². The molecule has 1 N–H and O–H groups in total. The van der Waals surface area contributed by atoms with Crippen LogP contribution in [0.2, 0.25) is 3.93 Å². The summed E-state index contributed by atoms with van der Waals surface area (Å²) in [5, 5.41) is 8.48. The molecule has 0 saturated heterocycles. The van der Waals surface area contributed by atoms with Gasteiger partial charge in [0.15, 0.2) is 0 Å². The third-order valence-corrected chi connectivity index (χ3v) is 5.30. The van der Waals surface area contributed by atoms with Crippen molar-refractivity contribution in [3.8, 4) is 0 Å². The number of hydrogen-bond donors (Lipinski definition) is 1. The maximum absolute atomic E-state index is 8.48. The summed E-state index contributed by atoms with van der Waals surface area (Å²) in [4.78, 5) is 0. The molecular weight excluding hydrogens is 195 g/mol. The van der Waals surface area contributed by atoms with E-state index in [1.807, 2.05) is 0 Å². The van der Waals surface area contributed by atoms with Crippen molar-refractivity contribution in [1.29, 1.82) is 0 Å². The van der Waals surface area contributed by atoms with Crippen LogP contribution in [0.4, 0.5) is 0 Å². The van der Waals surface area contributed by atoms with Crippen molar-refractivity contribution in [3.63, 3.8) is 0 Å². The normalized spacial score (nSPS) is 21.9. The van der Waals surface area contributed by atoms with Crippen LogP contribution in [-0.4, -0.2) is 30.9 Å². The van der Waals surface area contributed by atoms with Crippen molar-refractivity contribution < 1.29 is 5.11 Å². The van der Waals surface area contributed by atoms with Crippen molar-refractivity contribution in [3.05, 3.63) is 0 Å². The first kappa shape index (κ1) is 5.89. The molecule has 0 amide bonds. The van der Waals surface area contributed by atoms with Gasteiger partial charge in [0, 0.05) is 0 Å². The minimum absolute atomic E-state index is 0.247. The van der Waals surface area contributed by atoms with Crippen LogP contribution in [-0.2, 0) is 0 Å². The van der Waals surface area contributed by atoms with Gasteiger partial charge < -0.3 is 0 Å². The number of aliphatic hydroxyl groups excluding tert-OH is 1. The fraction of sp³-hybridized carbons (Fsp3) is 1.00. The van der Waals surface area contributed by atoms with Crippen LogP contribution >= 0.6 is 0 Å². The second-order valence-corrected chi connectivity index (χ2v) is 6.39. The summed E-state index contributed by atoms with van der Waals surface area (Å²) in [6.07, 6.45) is 4.31. The van der Waals surface area contributed by atoms with E-state index >= 15 is 0 Å². The summed E-state index contributed by atoms with van der Waals surface area (Å²) < 4.78 is 1.61. The SMILES string of the molecule is O[CH2][Sn][CH]1CCC1. The van der Waals surface area contributed by atoms with Gasteiger partial charge in [0.2, 0.25) is 0 Å². The van der Waals surface area contributed by atoms with Crippen LogP contribution in [0.3, 0.4) is 0 Å². The zero-order valence-corrected chi connectivity index (χ0v) is 7.21. The molecule has 7 heavy (non-hydrogen) atoms. The average molecular weight is 205 g/mol. The Morgan fingerprint density at radius 3 is 2.43 bits per heavy atom. The quantitative estimate of drug-likeness (QED) is 0.654. The summed E-state index contributed by atoms with van der Waals surface area (Å²) in [5.41, 5.74) is 0. The molecule has 0 heterocycles. The fourth-order valence-electron chi connectivity index (χ4n) is 0.741. The van der Waals surface area contributed by atoms with E-state index in [0.29, 0.717) is 4.62 Å². The molecule has 0 bridgehead atoms. The van der Waals surface area contributed by atoms with E-state index in [0.717, 1.165) is 3.93 Å². The molecule has 0 aliphatic heterocycles. The van der Waals surface area contributed by atoms with Gasteiger partial charge in [0.05, 0.1) is 0 Å². The molecule has 2 radical (unpaired) electrons. The van der Waals surface area contributed by atoms with E-state index in [2.05, 4.69) is 0 Å². The third-order valence-electron chi connectivity index (χ3n) is 1.49. The standard InChI is InChI=1S/C4H7.CH3O.Sn/c1-2-4-3-1;1-2;/h1H,2-4H2;2H,1H2;. The summed E-state index contributed by atoms with van der Waals surface area (Å²) in [7, 11) is 0. The first-order valence-electron chi connectivity index (χ1n) is 2.77. The number of rotatable bonds is 2. The van der Waals surface area contributed by atoms with Crippen LogP contribution < -0.4 is 0 Å². The molecule has 1 aliphatic carbocycles.